The van der Waals surface area contributed by atoms with Crippen LogP contribution in [0.2, 0.25) is 0 Å². The van der Waals surface area contributed by atoms with Gasteiger partial charge in [-0.1, -0.05) is 12.1 Å². The average Bonchev–Trinajstić information content (AvgIpc) is 3.31. The van der Waals surface area contributed by atoms with Gasteiger partial charge in [-0.05, 0) is 67.9 Å². The highest BCUT2D eigenvalue weighted by molar-refractivity contribution is 5.80. The van der Waals surface area contributed by atoms with Crippen molar-refractivity contribution in [1.29, 1.82) is 0 Å². The van der Waals surface area contributed by atoms with E-state index in [0.29, 0.717) is 5.75 Å². The van der Waals surface area contributed by atoms with Gasteiger partial charge in [0.05, 0.1) is 12.1 Å². The summed E-state index contributed by atoms with van der Waals surface area (Å²) in [5.41, 5.74) is 2.23. The number of ether oxygens (including phenoxy) is 1. The molecule has 0 unspecified atom stereocenters. The summed E-state index contributed by atoms with van der Waals surface area (Å²) in [4.78, 5) is 24.2. The van der Waals surface area contributed by atoms with Crippen LogP contribution in [0.4, 0.5) is 4.39 Å². The fourth-order valence-corrected chi connectivity index (χ4v) is 3.94. The molecule has 4 aromatic rings. The molecule has 6 nitrogen and oxygen atoms in total. The number of fused-ring (bicyclic) bond motifs is 1. The zero-order valence-corrected chi connectivity index (χ0v) is 17.6. The molecule has 7 heteroatoms. The molecule has 0 aliphatic carbocycles. The molecule has 3 heterocycles. The van der Waals surface area contributed by atoms with Gasteiger partial charge in [-0.2, -0.15) is 0 Å². The summed E-state index contributed by atoms with van der Waals surface area (Å²) < 4.78 is 20.3. The van der Waals surface area contributed by atoms with Gasteiger partial charge in [0.1, 0.15) is 24.0 Å². The van der Waals surface area contributed by atoms with Crippen LogP contribution in [0.1, 0.15) is 24.2 Å². The Bertz CT molecular complexity index is 1300. The minimum Gasteiger partial charge on any atom is -0.489 e. The minimum absolute atomic E-state index is 0.201. The lowest BCUT2D eigenvalue weighted by Crippen LogP contribution is -2.20. The lowest BCUT2D eigenvalue weighted by Gasteiger charge is -2.13. The molecule has 2 aromatic heterocycles. The van der Waals surface area contributed by atoms with Gasteiger partial charge in [-0.25, -0.2) is 14.4 Å². The molecule has 5 rings (SSSR count). The molecule has 0 amide bonds. The standard InChI is InChI=1S/C25H23FN4O2/c26-20-5-3-18(4-6-20)17-32-22-9-12-30(25(31)14-22)21-7-8-23-19(13-21)15-27-24(28-23)16-29-10-1-2-11-29/h3-9,12-15H,1-2,10-11,16-17H2. The van der Waals surface area contributed by atoms with Crippen LogP contribution < -0.4 is 10.3 Å². The Labute approximate surface area is 184 Å². The first-order valence-electron chi connectivity index (χ1n) is 10.7. The second-order valence-electron chi connectivity index (χ2n) is 8.00. The van der Waals surface area contributed by atoms with Crippen LogP contribution in [0.5, 0.6) is 5.75 Å². The molecule has 0 N–H and O–H groups in total. The quantitative estimate of drug-likeness (QED) is 0.461. The molecule has 0 atom stereocenters. The molecule has 0 radical (unpaired) electrons. The summed E-state index contributed by atoms with van der Waals surface area (Å²) in [6.07, 6.45) is 5.98. The van der Waals surface area contributed by atoms with Gasteiger partial charge in [0.2, 0.25) is 0 Å². The van der Waals surface area contributed by atoms with Gasteiger partial charge in [0, 0.05) is 29.5 Å². The maximum absolute atomic E-state index is 13.0. The third kappa shape index (κ3) is 4.53. The van der Waals surface area contributed by atoms with Crippen molar-refractivity contribution in [2.45, 2.75) is 26.0 Å². The minimum atomic E-state index is -0.292. The van der Waals surface area contributed by atoms with Crippen LogP contribution in [-0.2, 0) is 13.2 Å². The van der Waals surface area contributed by atoms with Crippen molar-refractivity contribution in [3.05, 3.63) is 94.5 Å². The van der Waals surface area contributed by atoms with Crippen molar-refractivity contribution in [3.8, 4) is 11.4 Å². The lowest BCUT2D eigenvalue weighted by molar-refractivity contribution is 0.305. The molecular weight excluding hydrogens is 407 g/mol. The average molecular weight is 430 g/mol. The highest BCUT2D eigenvalue weighted by atomic mass is 19.1. The zero-order valence-electron chi connectivity index (χ0n) is 17.6. The van der Waals surface area contributed by atoms with E-state index in [0.717, 1.165) is 47.6 Å². The monoisotopic (exact) mass is 430 g/mol. The molecule has 32 heavy (non-hydrogen) atoms. The van der Waals surface area contributed by atoms with E-state index in [1.165, 1.54) is 31.0 Å². The molecule has 1 saturated heterocycles. The Hall–Kier alpha value is -3.58. The van der Waals surface area contributed by atoms with Crippen LogP contribution in [0, 0.1) is 5.82 Å². The molecule has 0 bridgehead atoms. The van der Waals surface area contributed by atoms with E-state index < -0.39 is 0 Å². The number of pyridine rings is 1. The SMILES string of the molecule is O=c1cc(OCc2ccc(F)cc2)ccn1-c1ccc2nc(CN3CCCC3)ncc2c1. The summed E-state index contributed by atoms with van der Waals surface area (Å²) in [6.45, 7) is 3.24. The van der Waals surface area contributed by atoms with Gasteiger partial charge in [0.25, 0.3) is 5.56 Å². The van der Waals surface area contributed by atoms with E-state index in [9.17, 15) is 9.18 Å². The summed E-state index contributed by atoms with van der Waals surface area (Å²) in [7, 11) is 0. The van der Waals surface area contributed by atoms with Crippen LogP contribution in [0.3, 0.4) is 0 Å². The molecule has 1 fully saturated rings. The second-order valence-corrected chi connectivity index (χ2v) is 8.00. The molecule has 1 aliphatic heterocycles. The molecular formula is C25H23FN4O2. The van der Waals surface area contributed by atoms with Crippen LogP contribution in [-0.4, -0.2) is 32.5 Å². The Kier molecular flexibility index (Phi) is 5.64. The van der Waals surface area contributed by atoms with Gasteiger partial charge in [-0.3, -0.25) is 14.3 Å². The Balaban J connectivity index is 1.32. The van der Waals surface area contributed by atoms with Crippen LogP contribution in [0.15, 0.2) is 71.8 Å². The summed E-state index contributed by atoms with van der Waals surface area (Å²) in [6, 6.07) is 15.0. The summed E-state index contributed by atoms with van der Waals surface area (Å²) >= 11 is 0. The zero-order chi connectivity index (χ0) is 21.9. The predicted molar refractivity (Wildman–Crippen MR) is 120 cm³/mol. The number of rotatable bonds is 6. The summed E-state index contributed by atoms with van der Waals surface area (Å²) in [5, 5.41) is 0.885. The Morgan fingerprint density at radius 3 is 2.59 bits per heavy atom. The second kappa shape index (κ2) is 8.88. The van der Waals surface area contributed by atoms with E-state index in [4.69, 9.17) is 4.74 Å². The number of nitrogens with zero attached hydrogens (tertiary/aromatic N) is 4. The number of hydrogen-bond acceptors (Lipinski definition) is 5. The number of aromatic nitrogens is 3. The first-order chi connectivity index (χ1) is 15.6. The van der Waals surface area contributed by atoms with E-state index in [2.05, 4.69) is 14.9 Å². The highest BCUT2D eigenvalue weighted by Crippen LogP contribution is 2.18. The van der Waals surface area contributed by atoms with Gasteiger partial charge < -0.3 is 4.74 Å². The van der Waals surface area contributed by atoms with Gasteiger partial charge >= 0.3 is 0 Å². The Morgan fingerprint density at radius 2 is 1.81 bits per heavy atom. The normalized spacial score (nSPS) is 14.2. The fraction of sp³-hybridized carbons (Fsp3) is 0.240. The number of likely N-dealkylation sites (tertiary alicyclic amines) is 1. The van der Waals surface area contributed by atoms with Crippen molar-refractivity contribution in [2.24, 2.45) is 0 Å². The molecule has 0 spiro atoms. The van der Waals surface area contributed by atoms with Crippen molar-refractivity contribution < 1.29 is 9.13 Å². The van der Waals surface area contributed by atoms with Crippen LogP contribution in [0.25, 0.3) is 16.6 Å². The first kappa shape index (κ1) is 20.3. The van der Waals surface area contributed by atoms with Crippen molar-refractivity contribution in [2.75, 3.05) is 13.1 Å². The largest absolute Gasteiger partial charge is 0.489 e. The topological polar surface area (TPSA) is 60.3 Å². The summed E-state index contributed by atoms with van der Waals surface area (Å²) in [5.74, 6) is 0.998. The number of halogens is 1. The van der Waals surface area contributed by atoms with E-state index >= 15 is 0 Å². The predicted octanol–water partition coefficient (Wildman–Crippen LogP) is 4.09. The van der Waals surface area contributed by atoms with Crippen molar-refractivity contribution in [3.63, 3.8) is 0 Å². The number of hydrogen-bond donors (Lipinski definition) is 0. The fourth-order valence-electron chi connectivity index (χ4n) is 3.94. The molecule has 0 saturated carbocycles. The third-order valence-corrected chi connectivity index (χ3v) is 5.66. The van der Waals surface area contributed by atoms with Gasteiger partial charge in [0.15, 0.2) is 0 Å². The Morgan fingerprint density at radius 1 is 1.00 bits per heavy atom. The van der Waals surface area contributed by atoms with E-state index in [1.807, 2.05) is 24.4 Å². The number of benzene rings is 2. The third-order valence-electron chi connectivity index (χ3n) is 5.66. The van der Waals surface area contributed by atoms with Crippen molar-refractivity contribution in [1.82, 2.24) is 19.4 Å². The highest BCUT2D eigenvalue weighted by Gasteiger charge is 2.13. The van der Waals surface area contributed by atoms with E-state index in [-0.39, 0.29) is 18.0 Å². The molecule has 1 aliphatic rings. The van der Waals surface area contributed by atoms with E-state index in [1.54, 1.807) is 29.0 Å². The maximum atomic E-state index is 13.0. The molecule has 162 valence electrons. The van der Waals surface area contributed by atoms with Crippen LogP contribution >= 0.6 is 0 Å². The first-order valence-corrected chi connectivity index (χ1v) is 10.7. The maximum Gasteiger partial charge on any atom is 0.258 e. The lowest BCUT2D eigenvalue weighted by atomic mass is 10.2. The molecule has 2 aromatic carbocycles. The van der Waals surface area contributed by atoms with Crippen molar-refractivity contribution >= 4 is 10.9 Å². The van der Waals surface area contributed by atoms with Gasteiger partial charge in [-0.15, -0.1) is 0 Å². The smallest absolute Gasteiger partial charge is 0.258 e.